The first-order valence-electron chi connectivity index (χ1n) is 5.12. The number of benzene rings is 1. The summed E-state index contributed by atoms with van der Waals surface area (Å²) in [6, 6.07) is 10.3. The van der Waals surface area contributed by atoms with Crippen LogP contribution in [0.4, 0.5) is 5.69 Å². The Morgan fingerprint density at radius 1 is 1.36 bits per heavy atom. The van der Waals surface area contributed by atoms with Crippen LogP contribution in [0.3, 0.4) is 0 Å². The summed E-state index contributed by atoms with van der Waals surface area (Å²) in [7, 11) is 0. The van der Waals surface area contributed by atoms with E-state index in [4.69, 9.17) is 0 Å². The number of hydrogen-bond acceptors (Lipinski definition) is 2. The van der Waals surface area contributed by atoms with E-state index in [1.54, 1.807) is 0 Å². The van der Waals surface area contributed by atoms with E-state index < -0.39 is 5.60 Å². The minimum Gasteiger partial charge on any atom is -0.388 e. The molecule has 1 aliphatic heterocycles. The van der Waals surface area contributed by atoms with Crippen LogP contribution in [0.2, 0.25) is 0 Å². The lowest BCUT2D eigenvalue weighted by molar-refractivity contribution is 0.0443. The Kier molecular flexibility index (Phi) is 2.23. The molecule has 1 fully saturated rings. The van der Waals surface area contributed by atoms with Crippen molar-refractivity contribution >= 4 is 5.69 Å². The summed E-state index contributed by atoms with van der Waals surface area (Å²) in [5.74, 6) is 0.336. The molecule has 14 heavy (non-hydrogen) atoms. The number of aliphatic hydroxyl groups is 1. The molecule has 1 heterocycles. The van der Waals surface area contributed by atoms with Crippen LogP contribution in [-0.4, -0.2) is 23.8 Å². The quantitative estimate of drug-likeness (QED) is 0.732. The van der Waals surface area contributed by atoms with Crippen molar-refractivity contribution in [1.29, 1.82) is 0 Å². The molecule has 0 saturated carbocycles. The van der Waals surface area contributed by atoms with Crippen molar-refractivity contribution in [2.45, 2.75) is 19.4 Å². The number of β-amino-alcohol motifs (C(OH)–C–C–N with tert-alkyl or cyclic N) is 1. The van der Waals surface area contributed by atoms with Crippen molar-refractivity contribution in [3.63, 3.8) is 0 Å². The van der Waals surface area contributed by atoms with E-state index in [1.165, 1.54) is 5.69 Å². The molecule has 76 valence electrons. The van der Waals surface area contributed by atoms with E-state index in [-0.39, 0.29) is 0 Å². The third-order valence-corrected chi connectivity index (χ3v) is 3.19. The zero-order valence-electron chi connectivity index (χ0n) is 8.77. The maximum atomic E-state index is 10.1. The lowest BCUT2D eigenvalue weighted by atomic mass is 9.95. The van der Waals surface area contributed by atoms with Gasteiger partial charge in [0.1, 0.15) is 0 Å². The summed E-state index contributed by atoms with van der Waals surface area (Å²) in [5.41, 5.74) is 0.660. The molecule has 0 bridgehead atoms. The van der Waals surface area contributed by atoms with Crippen molar-refractivity contribution in [3.8, 4) is 0 Å². The first-order valence-corrected chi connectivity index (χ1v) is 5.12. The summed E-state index contributed by atoms with van der Waals surface area (Å²) >= 11 is 0. The summed E-state index contributed by atoms with van der Waals surface area (Å²) in [5, 5.41) is 10.1. The fourth-order valence-corrected chi connectivity index (χ4v) is 1.97. The van der Waals surface area contributed by atoms with Gasteiger partial charge < -0.3 is 10.0 Å². The van der Waals surface area contributed by atoms with Gasteiger partial charge in [0.25, 0.3) is 0 Å². The predicted molar refractivity (Wildman–Crippen MR) is 58.4 cm³/mol. The molecule has 2 rings (SSSR count). The van der Waals surface area contributed by atoms with Crippen molar-refractivity contribution in [3.05, 3.63) is 30.3 Å². The summed E-state index contributed by atoms with van der Waals surface area (Å²) in [6.07, 6.45) is 0. The third kappa shape index (κ3) is 1.62. The van der Waals surface area contributed by atoms with Crippen LogP contribution >= 0.6 is 0 Å². The van der Waals surface area contributed by atoms with Gasteiger partial charge in [0, 0.05) is 24.7 Å². The maximum Gasteiger partial charge on any atom is 0.0835 e. The lowest BCUT2D eigenvalue weighted by Gasteiger charge is -2.21. The Morgan fingerprint density at radius 3 is 2.50 bits per heavy atom. The lowest BCUT2D eigenvalue weighted by Crippen LogP contribution is -2.33. The number of rotatable bonds is 1. The third-order valence-electron chi connectivity index (χ3n) is 3.19. The normalized spacial score (nSPS) is 32.2. The molecule has 1 aromatic rings. The van der Waals surface area contributed by atoms with Crippen LogP contribution in [0, 0.1) is 5.92 Å². The van der Waals surface area contributed by atoms with Gasteiger partial charge in [-0.1, -0.05) is 25.1 Å². The number of hydrogen-bond donors (Lipinski definition) is 1. The van der Waals surface area contributed by atoms with Crippen molar-refractivity contribution in [2.24, 2.45) is 5.92 Å². The van der Waals surface area contributed by atoms with E-state index in [1.807, 2.05) is 25.1 Å². The predicted octanol–water partition coefficient (Wildman–Crippen LogP) is 1.89. The highest BCUT2D eigenvalue weighted by atomic mass is 16.3. The Labute approximate surface area is 85.2 Å². The highest BCUT2D eigenvalue weighted by Gasteiger charge is 2.38. The molecule has 0 amide bonds. The topological polar surface area (TPSA) is 23.5 Å². The number of nitrogens with zero attached hydrogens (tertiary/aromatic N) is 1. The second-order valence-electron chi connectivity index (χ2n) is 4.47. The van der Waals surface area contributed by atoms with Crippen LogP contribution in [0.25, 0.3) is 0 Å². The molecule has 0 aromatic heterocycles. The van der Waals surface area contributed by atoms with Gasteiger partial charge in [0.05, 0.1) is 5.60 Å². The maximum absolute atomic E-state index is 10.1. The Hall–Kier alpha value is -1.02. The Morgan fingerprint density at radius 2 is 2.00 bits per heavy atom. The minimum atomic E-state index is -0.546. The average molecular weight is 191 g/mol. The van der Waals surface area contributed by atoms with E-state index in [9.17, 15) is 5.11 Å². The van der Waals surface area contributed by atoms with Gasteiger partial charge in [-0.25, -0.2) is 0 Å². The van der Waals surface area contributed by atoms with Gasteiger partial charge in [0.2, 0.25) is 0 Å². The van der Waals surface area contributed by atoms with Gasteiger partial charge in [-0.05, 0) is 19.1 Å². The molecule has 2 nitrogen and oxygen atoms in total. The fraction of sp³-hybridized carbons (Fsp3) is 0.500. The zero-order chi connectivity index (χ0) is 10.2. The van der Waals surface area contributed by atoms with Gasteiger partial charge in [-0.2, -0.15) is 0 Å². The van der Waals surface area contributed by atoms with Gasteiger partial charge >= 0.3 is 0 Å². The van der Waals surface area contributed by atoms with E-state index in [2.05, 4.69) is 24.0 Å². The first-order chi connectivity index (χ1) is 6.59. The number of anilines is 1. The Balaban J connectivity index is 2.17. The molecule has 0 spiro atoms. The SMILES string of the molecule is CC1CN(c2ccccc2)CC1(C)O. The monoisotopic (exact) mass is 191 g/mol. The van der Waals surface area contributed by atoms with Crippen LogP contribution in [0.1, 0.15) is 13.8 Å². The van der Waals surface area contributed by atoms with Crippen LogP contribution < -0.4 is 4.90 Å². The van der Waals surface area contributed by atoms with Crippen LogP contribution in [0.5, 0.6) is 0 Å². The molecule has 2 atom stereocenters. The molecule has 1 saturated heterocycles. The summed E-state index contributed by atoms with van der Waals surface area (Å²) in [6.45, 7) is 5.69. The zero-order valence-corrected chi connectivity index (χ0v) is 8.77. The van der Waals surface area contributed by atoms with Crippen LogP contribution in [-0.2, 0) is 0 Å². The van der Waals surface area contributed by atoms with Gasteiger partial charge in [-0.15, -0.1) is 0 Å². The fourth-order valence-electron chi connectivity index (χ4n) is 1.97. The second kappa shape index (κ2) is 3.28. The molecule has 1 aromatic carbocycles. The molecule has 2 unspecified atom stereocenters. The standard InChI is InChI=1S/C12H17NO/c1-10-8-13(9-12(10,2)14)11-6-4-3-5-7-11/h3-7,10,14H,8-9H2,1-2H3. The van der Waals surface area contributed by atoms with Crippen molar-refractivity contribution in [1.82, 2.24) is 0 Å². The van der Waals surface area contributed by atoms with Crippen molar-refractivity contribution in [2.75, 3.05) is 18.0 Å². The van der Waals surface area contributed by atoms with Crippen LogP contribution in [0.15, 0.2) is 30.3 Å². The minimum absolute atomic E-state index is 0.336. The Bertz CT molecular complexity index is 307. The summed E-state index contributed by atoms with van der Waals surface area (Å²) < 4.78 is 0. The highest BCUT2D eigenvalue weighted by Crippen LogP contribution is 2.30. The largest absolute Gasteiger partial charge is 0.388 e. The smallest absolute Gasteiger partial charge is 0.0835 e. The number of para-hydroxylation sites is 1. The second-order valence-corrected chi connectivity index (χ2v) is 4.47. The molecular formula is C12H17NO. The van der Waals surface area contributed by atoms with Gasteiger partial charge in [0.15, 0.2) is 0 Å². The molecule has 0 radical (unpaired) electrons. The van der Waals surface area contributed by atoms with E-state index in [0.29, 0.717) is 5.92 Å². The molecular weight excluding hydrogens is 174 g/mol. The van der Waals surface area contributed by atoms with E-state index >= 15 is 0 Å². The molecule has 0 aliphatic carbocycles. The average Bonchev–Trinajstić information content (AvgIpc) is 2.43. The first kappa shape index (κ1) is 9.53. The van der Waals surface area contributed by atoms with Crippen molar-refractivity contribution < 1.29 is 5.11 Å². The van der Waals surface area contributed by atoms with E-state index in [0.717, 1.165) is 13.1 Å². The molecule has 1 N–H and O–H groups in total. The highest BCUT2D eigenvalue weighted by molar-refractivity contribution is 5.47. The van der Waals surface area contributed by atoms with Gasteiger partial charge in [-0.3, -0.25) is 0 Å². The summed E-state index contributed by atoms with van der Waals surface area (Å²) in [4.78, 5) is 2.24. The molecule has 1 aliphatic rings. The molecule has 2 heteroatoms.